The standard InChI is InChI=1S/C33H53N3O6S/c1-22(2)17-30-29(15-16-43(30,40)41)42-32(39)34-26(18-23-11-7-6-8-12-23)28(37)21-36-20-25-14-10-9-13-24(25)19-27(36)31(38)35-33(3,4)5/h6-8,11-12,22,24-30,37H,9-10,13-21H2,1-5H3,(H,34,39)(H,35,38)/p+1. The molecule has 8 atom stereocenters. The molecule has 2 saturated heterocycles. The van der Waals surface area contributed by atoms with Crippen molar-refractivity contribution in [2.45, 2.75) is 121 Å². The van der Waals surface area contributed by atoms with Crippen molar-refractivity contribution in [3.63, 3.8) is 0 Å². The molecule has 242 valence electrons. The highest BCUT2D eigenvalue weighted by atomic mass is 32.2. The number of aliphatic hydroxyl groups is 1. The molecule has 43 heavy (non-hydrogen) atoms. The Labute approximate surface area is 258 Å². The van der Waals surface area contributed by atoms with Gasteiger partial charge in [-0.2, -0.15) is 0 Å². The van der Waals surface area contributed by atoms with Gasteiger partial charge >= 0.3 is 6.09 Å². The predicted octanol–water partition coefficient (Wildman–Crippen LogP) is 2.66. The number of quaternary nitrogens is 1. The number of aliphatic hydroxyl groups excluding tert-OH is 1. The molecule has 1 saturated carbocycles. The second kappa shape index (κ2) is 14.3. The van der Waals surface area contributed by atoms with E-state index in [1.807, 2.05) is 65.0 Å². The van der Waals surface area contributed by atoms with Crippen LogP contribution in [0.5, 0.6) is 0 Å². The van der Waals surface area contributed by atoms with Crippen LogP contribution < -0.4 is 15.5 Å². The molecule has 1 aromatic carbocycles. The summed E-state index contributed by atoms with van der Waals surface area (Å²) in [5.41, 5.74) is 0.600. The van der Waals surface area contributed by atoms with Crippen molar-refractivity contribution in [3.8, 4) is 0 Å². The highest BCUT2D eigenvalue weighted by molar-refractivity contribution is 7.92. The molecule has 2 amide bonds. The van der Waals surface area contributed by atoms with E-state index in [-0.39, 0.29) is 35.6 Å². The number of amides is 2. The normalized spacial score (nSPS) is 30.2. The van der Waals surface area contributed by atoms with Crippen LogP contribution in [0.3, 0.4) is 0 Å². The SMILES string of the molecule is CC(C)CC1C(OC(=O)NC(Cc2ccccc2)C(O)C[NH+]2CC3CCCCC3CC2C(=O)NC(C)(C)C)CCS1(=O)=O. The first-order valence-electron chi connectivity index (χ1n) is 16.3. The van der Waals surface area contributed by atoms with Crippen LogP contribution in [0.2, 0.25) is 0 Å². The minimum absolute atomic E-state index is 0.0108. The number of hydrogen-bond acceptors (Lipinski definition) is 6. The van der Waals surface area contributed by atoms with Crippen LogP contribution in [0, 0.1) is 17.8 Å². The molecule has 8 unspecified atom stereocenters. The number of hydrogen-bond donors (Lipinski definition) is 4. The van der Waals surface area contributed by atoms with Gasteiger partial charge in [0.25, 0.3) is 5.91 Å². The average molecular weight is 621 g/mol. The minimum Gasteiger partial charge on any atom is -0.445 e. The first-order valence-corrected chi connectivity index (χ1v) is 18.0. The van der Waals surface area contributed by atoms with E-state index in [1.54, 1.807) is 0 Å². The predicted molar refractivity (Wildman–Crippen MR) is 167 cm³/mol. The van der Waals surface area contributed by atoms with Crippen molar-refractivity contribution in [2.24, 2.45) is 17.8 Å². The fourth-order valence-electron chi connectivity index (χ4n) is 7.42. The number of piperidine rings is 1. The fourth-order valence-corrected chi connectivity index (χ4v) is 9.61. The summed E-state index contributed by atoms with van der Waals surface area (Å²) < 4.78 is 31.1. The number of ether oxygens (including phenoxy) is 1. The summed E-state index contributed by atoms with van der Waals surface area (Å²) in [5.74, 6) is 1.24. The molecule has 0 spiro atoms. The molecule has 3 aliphatic rings. The van der Waals surface area contributed by atoms with E-state index in [0.29, 0.717) is 31.2 Å². The van der Waals surface area contributed by atoms with Crippen LogP contribution in [0.4, 0.5) is 4.79 Å². The molecule has 0 aromatic heterocycles. The maximum Gasteiger partial charge on any atom is 0.407 e. The molecule has 1 aliphatic carbocycles. The van der Waals surface area contributed by atoms with Gasteiger partial charge in [-0.1, -0.05) is 57.0 Å². The van der Waals surface area contributed by atoms with Gasteiger partial charge in [-0.3, -0.25) is 4.79 Å². The summed E-state index contributed by atoms with van der Waals surface area (Å²) in [7, 11) is -3.32. The summed E-state index contributed by atoms with van der Waals surface area (Å²) in [6, 6.07) is 8.73. The zero-order valence-corrected chi connectivity index (χ0v) is 27.5. The third-order valence-electron chi connectivity index (χ3n) is 9.50. The highest BCUT2D eigenvalue weighted by Gasteiger charge is 2.46. The smallest absolute Gasteiger partial charge is 0.407 e. The number of likely N-dealkylation sites (tertiary alicyclic amines) is 1. The van der Waals surface area contributed by atoms with E-state index >= 15 is 0 Å². The number of fused-ring (bicyclic) bond motifs is 1. The Morgan fingerprint density at radius 3 is 2.40 bits per heavy atom. The van der Waals surface area contributed by atoms with Crippen molar-refractivity contribution in [1.29, 1.82) is 0 Å². The molecule has 0 bridgehead atoms. The third-order valence-corrected chi connectivity index (χ3v) is 11.7. The second-order valence-corrected chi connectivity index (χ2v) is 17.0. The van der Waals surface area contributed by atoms with E-state index in [4.69, 9.17) is 4.74 Å². The van der Waals surface area contributed by atoms with Crippen molar-refractivity contribution in [2.75, 3.05) is 18.8 Å². The molecular weight excluding hydrogens is 566 g/mol. The Hall–Kier alpha value is -2.17. The first-order chi connectivity index (χ1) is 20.2. The van der Waals surface area contributed by atoms with Gasteiger partial charge < -0.3 is 25.4 Å². The van der Waals surface area contributed by atoms with Gasteiger partial charge in [-0.15, -0.1) is 0 Å². The largest absolute Gasteiger partial charge is 0.445 e. The Morgan fingerprint density at radius 1 is 1.07 bits per heavy atom. The minimum atomic E-state index is -3.32. The Kier molecular flexibility index (Phi) is 11.2. The summed E-state index contributed by atoms with van der Waals surface area (Å²) >= 11 is 0. The van der Waals surface area contributed by atoms with Crippen LogP contribution in [0.1, 0.15) is 85.1 Å². The maximum atomic E-state index is 13.5. The first kappa shape index (κ1) is 33.7. The quantitative estimate of drug-likeness (QED) is 0.319. The number of nitrogens with one attached hydrogen (secondary N) is 3. The molecule has 1 aromatic rings. The lowest BCUT2D eigenvalue weighted by Gasteiger charge is -2.44. The molecule has 10 heteroatoms. The monoisotopic (exact) mass is 620 g/mol. The topological polar surface area (TPSA) is 126 Å². The molecule has 3 fully saturated rings. The Balaban J connectivity index is 1.50. The zero-order valence-electron chi connectivity index (χ0n) is 26.7. The summed E-state index contributed by atoms with van der Waals surface area (Å²) in [4.78, 5) is 27.8. The van der Waals surface area contributed by atoms with Gasteiger partial charge in [-0.05, 0) is 70.3 Å². The fraction of sp³-hybridized carbons (Fsp3) is 0.758. The van der Waals surface area contributed by atoms with Gasteiger partial charge in [-0.25, -0.2) is 13.2 Å². The molecule has 4 rings (SSSR count). The molecule has 4 N–H and O–H groups in total. The summed E-state index contributed by atoms with van der Waals surface area (Å²) in [6.07, 6.45) is 4.27. The molecule has 0 radical (unpaired) electrons. The number of rotatable bonds is 10. The Bertz CT molecular complexity index is 1180. The van der Waals surface area contributed by atoms with Crippen LogP contribution in [-0.4, -0.2) is 79.4 Å². The van der Waals surface area contributed by atoms with E-state index in [2.05, 4.69) is 10.6 Å². The van der Waals surface area contributed by atoms with Crippen LogP contribution >= 0.6 is 0 Å². The molecule has 9 nitrogen and oxygen atoms in total. The number of alkyl carbamates (subject to hydrolysis) is 1. The summed E-state index contributed by atoms with van der Waals surface area (Å²) in [5, 5.41) is 17.1. The number of carbonyl (C=O) groups is 2. The highest BCUT2D eigenvalue weighted by Crippen LogP contribution is 2.34. The van der Waals surface area contributed by atoms with Crippen LogP contribution in [0.25, 0.3) is 0 Å². The van der Waals surface area contributed by atoms with E-state index < -0.39 is 39.4 Å². The van der Waals surface area contributed by atoms with Gasteiger partial charge in [0, 0.05) is 17.9 Å². The van der Waals surface area contributed by atoms with Crippen molar-refractivity contribution in [3.05, 3.63) is 35.9 Å². The molecule has 2 aliphatic heterocycles. The number of benzene rings is 1. The lowest BCUT2D eigenvalue weighted by molar-refractivity contribution is -0.929. The maximum absolute atomic E-state index is 13.5. The lowest BCUT2D eigenvalue weighted by Crippen LogP contribution is -3.20. The average Bonchev–Trinajstić information content (AvgIpc) is 3.19. The van der Waals surface area contributed by atoms with E-state index in [1.165, 1.54) is 12.8 Å². The van der Waals surface area contributed by atoms with Crippen LogP contribution in [-0.2, 0) is 25.8 Å². The molecule has 2 heterocycles. The zero-order chi connectivity index (χ0) is 31.4. The van der Waals surface area contributed by atoms with Gasteiger partial charge in [0.15, 0.2) is 15.9 Å². The lowest BCUT2D eigenvalue weighted by atomic mass is 9.72. The molecular formula is C33H54N3O6S+. The van der Waals surface area contributed by atoms with Crippen molar-refractivity contribution < 1.29 is 32.8 Å². The van der Waals surface area contributed by atoms with Crippen molar-refractivity contribution in [1.82, 2.24) is 10.6 Å². The Morgan fingerprint density at radius 2 is 1.74 bits per heavy atom. The number of carbonyl (C=O) groups excluding carboxylic acids is 2. The van der Waals surface area contributed by atoms with Gasteiger partial charge in [0.1, 0.15) is 18.8 Å². The van der Waals surface area contributed by atoms with Gasteiger partial charge in [0.2, 0.25) is 0 Å². The third kappa shape index (κ3) is 9.41. The van der Waals surface area contributed by atoms with Crippen molar-refractivity contribution >= 4 is 21.8 Å². The van der Waals surface area contributed by atoms with E-state index in [9.17, 15) is 23.1 Å². The van der Waals surface area contributed by atoms with E-state index in [0.717, 1.165) is 36.3 Å². The van der Waals surface area contributed by atoms with Crippen LogP contribution in [0.15, 0.2) is 30.3 Å². The number of sulfone groups is 1. The van der Waals surface area contributed by atoms with Gasteiger partial charge in [0.05, 0.1) is 23.6 Å². The second-order valence-electron chi connectivity index (χ2n) is 14.7. The summed E-state index contributed by atoms with van der Waals surface area (Å²) in [6.45, 7) is 11.0.